The van der Waals surface area contributed by atoms with Gasteiger partial charge >= 0.3 is 0 Å². The highest BCUT2D eigenvalue weighted by molar-refractivity contribution is 6.30. The van der Waals surface area contributed by atoms with Gasteiger partial charge in [0.2, 0.25) is 0 Å². The lowest BCUT2D eigenvalue weighted by atomic mass is 10.1. The highest BCUT2D eigenvalue weighted by Crippen LogP contribution is 2.27. The molecular formula is C23H28ClNO3. The smallest absolute Gasteiger partial charge is 0.254 e. The highest BCUT2D eigenvalue weighted by atomic mass is 35.5. The lowest BCUT2D eigenvalue weighted by molar-refractivity contribution is 0.0664. The molecule has 1 aliphatic rings. The zero-order chi connectivity index (χ0) is 19.9. The lowest BCUT2D eigenvalue weighted by Crippen LogP contribution is -2.38. The summed E-state index contributed by atoms with van der Waals surface area (Å²) in [5, 5.41) is 0.587. The van der Waals surface area contributed by atoms with Crippen LogP contribution in [0.4, 0.5) is 0 Å². The summed E-state index contributed by atoms with van der Waals surface area (Å²) < 4.78 is 10.9. The fourth-order valence-electron chi connectivity index (χ4n) is 3.74. The number of ether oxygens (including phenoxy) is 2. The van der Waals surface area contributed by atoms with Gasteiger partial charge in [0.1, 0.15) is 11.9 Å². The molecule has 1 fully saturated rings. The van der Waals surface area contributed by atoms with Crippen molar-refractivity contribution in [1.82, 2.24) is 4.90 Å². The van der Waals surface area contributed by atoms with Crippen molar-refractivity contribution < 1.29 is 14.3 Å². The Balaban J connectivity index is 1.73. The van der Waals surface area contributed by atoms with Crippen molar-refractivity contribution in [2.24, 2.45) is 0 Å². The number of carbonyl (C=O) groups is 1. The SMILES string of the molecule is COCC(C)Oc1ccc(CN(C(=O)c2cccc(Cl)c2)C2CCCC2)cc1. The normalized spacial score (nSPS) is 15.4. The van der Waals surface area contributed by atoms with Crippen molar-refractivity contribution >= 4 is 17.5 Å². The number of carbonyl (C=O) groups excluding carboxylic acids is 1. The second kappa shape index (κ2) is 9.94. The van der Waals surface area contributed by atoms with Gasteiger partial charge in [0, 0.05) is 30.3 Å². The first-order valence-corrected chi connectivity index (χ1v) is 10.3. The third-order valence-corrected chi connectivity index (χ3v) is 5.35. The Bertz CT molecular complexity index is 772. The topological polar surface area (TPSA) is 38.8 Å². The van der Waals surface area contributed by atoms with Crippen LogP contribution < -0.4 is 4.74 Å². The molecule has 2 aromatic carbocycles. The van der Waals surface area contributed by atoms with Gasteiger partial charge in [-0.05, 0) is 55.7 Å². The zero-order valence-electron chi connectivity index (χ0n) is 16.6. The van der Waals surface area contributed by atoms with Crippen LogP contribution in [0.1, 0.15) is 48.5 Å². The molecule has 28 heavy (non-hydrogen) atoms. The molecule has 1 aliphatic carbocycles. The zero-order valence-corrected chi connectivity index (χ0v) is 17.3. The van der Waals surface area contributed by atoms with E-state index in [-0.39, 0.29) is 18.1 Å². The first kappa shape index (κ1) is 20.7. The Morgan fingerprint density at radius 3 is 2.54 bits per heavy atom. The van der Waals surface area contributed by atoms with Crippen LogP contribution in [0, 0.1) is 0 Å². The van der Waals surface area contributed by atoms with Crippen LogP contribution >= 0.6 is 11.6 Å². The molecule has 1 amide bonds. The van der Waals surface area contributed by atoms with Gasteiger partial charge in [-0.25, -0.2) is 0 Å². The van der Waals surface area contributed by atoms with Gasteiger partial charge < -0.3 is 14.4 Å². The average Bonchev–Trinajstić information content (AvgIpc) is 3.21. The summed E-state index contributed by atoms with van der Waals surface area (Å²) in [4.78, 5) is 15.2. The largest absolute Gasteiger partial charge is 0.488 e. The Hall–Kier alpha value is -2.04. The van der Waals surface area contributed by atoms with Crippen LogP contribution in [0.3, 0.4) is 0 Å². The van der Waals surface area contributed by atoms with E-state index in [4.69, 9.17) is 21.1 Å². The van der Waals surface area contributed by atoms with Crippen LogP contribution in [-0.2, 0) is 11.3 Å². The van der Waals surface area contributed by atoms with Crippen LogP contribution in [-0.4, -0.2) is 36.7 Å². The van der Waals surface area contributed by atoms with Crippen molar-refractivity contribution in [1.29, 1.82) is 0 Å². The van der Waals surface area contributed by atoms with Gasteiger partial charge in [-0.3, -0.25) is 4.79 Å². The van der Waals surface area contributed by atoms with E-state index in [1.165, 1.54) is 12.8 Å². The Morgan fingerprint density at radius 2 is 1.89 bits per heavy atom. The molecule has 0 N–H and O–H groups in total. The van der Waals surface area contributed by atoms with E-state index in [9.17, 15) is 4.79 Å². The Kier molecular flexibility index (Phi) is 7.35. The van der Waals surface area contributed by atoms with Gasteiger partial charge in [-0.1, -0.05) is 42.6 Å². The number of rotatable bonds is 8. The third kappa shape index (κ3) is 5.49. The van der Waals surface area contributed by atoms with Crippen molar-refractivity contribution in [2.45, 2.75) is 51.3 Å². The maximum atomic E-state index is 13.2. The number of hydrogen-bond acceptors (Lipinski definition) is 3. The van der Waals surface area contributed by atoms with Crippen LogP contribution in [0.25, 0.3) is 0 Å². The van der Waals surface area contributed by atoms with Gasteiger partial charge in [0.25, 0.3) is 5.91 Å². The summed E-state index contributed by atoms with van der Waals surface area (Å²) in [5.74, 6) is 0.852. The Morgan fingerprint density at radius 1 is 1.18 bits per heavy atom. The maximum Gasteiger partial charge on any atom is 0.254 e. The lowest BCUT2D eigenvalue weighted by Gasteiger charge is -2.29. The van der Waals surface area contributed by atoms with Crippen molar-refractivity contribution in [3.63, 3.8) is 0 Å². The van der Waals surface area contributed by atoms with Gasteiger partial charge in [-0.15, -0.1) is 0 Å². The van der Waals surface area contributed by atoms with E-state index in [0.29, 0.717) is 23.7 Å². The molecule has 2 aromatic rings. The molecule has 1 saturated carbocycles. The number of amides is 1. The predicted molar refractivity (Wildman–Crippen MR) is 112 cm³/mol. The minimum atomic E-state index is -0.00440. The first-order valence-electron chi connectivity index (χ1n) is 9.88. The number of benzene rings is 2. The summed E-state index contributed by atoms with van der Waals surface area (Å²) in [6.45, 7) is 3.11. The fraction of sp³-hybridized carbons (Fsp3) is 0.435. The van der Waals surface area contributed by atoms with Crippen molar-refractivity contribution in [3.8, 4) is 5.75 Å². The summed E-state index contributed by atoms with van der Waals surface area (Å²) in [7, 11) is 1.66. The molecule has 0 aromatic heterocycles. The summed E-state index contributed by atoms with van der Waals surface area (Å²) in [5.41, 5.74) is 1.74. The molecule has 0 radical (unpaired) electrons. The second-order valence-electron chi connectivity index (χ2n) is 7.41. The van der Waals surface area contributed by atoms with Gasteiger partial charge in [0.05, 0.1) is 6.61 Å². The van der Waals surface area contributed by atoms with Crippen molar-refractivity contribution in [3.05, 3.63) is 64.7 Å². The molecule has 0 heterocycles. The molecule has 0 aliphatic heterocycles. The second-order valence-corrected chi connectivity index (χ2v) is 7.85. The molecule has 0 saturated heterocycles. The fourth-order valence-corrected chi connectivity index (χ4v) is 3.93. The molecule has 0 bridgehead atoms. The number of hydrogen-bond donors (Lipinski definition) is 0. The quantitative estimate of drug-likeness (QED) is 0.599. The molecule has 4 nitrogen and oxygen atoms in total. The third-order valence-electron chi connectivity index (χ3n) is 5.11. The van der Waals surface area contributed by atoms with E-state index in [1.807, 2.05) is 48.2 Å². The Labute approximate surface area is 172 Å². The molecule has 0 spiro atoms. The van der Waals surface area contributed by atoms with E-state index in [2.05, 4.69) is 0 Å². The van der Waals surface area contributed by atoms with Gasteiger partial charge in [0.15, 0.2) is 0 Å². The number of halogens is 1. The molecular weight excluding hydrogens is 374 g/mol. The van der Waals surface area contributed by atoms with Crippen LogP contribution in [0.15, 0.2) is 48.5 Å². The molecule has 150 valence electrons. The van der Waals surface area contributed by atoms with E-state index < -0.39 is 0 Å². The van der Waals surface area contributed by atoms with Crippen LogP contribution in [0.2, 0.25) is 5.02 Å². The maximum absolute atomic E-state index is 13.2. The minimum absolute atomic E-state index is 0.00440. The van der Waals surface area contributed by atoms with Crippen LogP contribution in [0.5, 0.6) is 5.75 Å². The summed E-state index contributed by atoms with van der Waals surface area (Å²) in [6.07, 6.45) is 4.46. The summed E-state index contributed by atoms with van der Waals surface area (Å²) in [6, 6.07) is 15.5. The minimum Gasteiger partial charge on any atom is -0.488 e. The van der Waals surface area contributed by atoms with E-state index in [1.54, 1.807) is 19.2 Å². The van der Waals surface area contributed by atoms with E-state index in [0.717, 1.165) is 24.2 Å². The standard InChI is InChI=1S/C23H28ClNO3/c1-17(16-27-2)28-22-12-10-18(11-13-22)15-25(21-8-3-4-9-21)23(26)19-6-5-7-20(24)14-19/h5-7,10-14,17,21H,3-4,8-9,15-16H2,1-2H3. The van der Waals surface area contributed by atoms with Gasteiger partial charge in [-0.2, -0.15) is 0 Å². The number of nitrogens with zero attached hydrogens (tertiary/aromatic N) is 1. The van der Waals surface area contributed by atoms with Crippen molar-refractivity contribution in [2.75, 3.05) is 13.7 Å². The summed E-state index contributed by atoms with van der Waals surface area (Å²) >= 11 is 6.10. The molecule has 3 rings (SSSR count). The monoisotopic (exact) mass is 401 g/mol. The number of methoxy groups -OCH3 is 1. The molecule has 1 atom stereocenters. The molecule has 1 unspecified atom stereocenters. The predicted octanol–water partition coefficient (Wildman–Crippen LogP) is 5.34. The first-order chi connectivity index (χ1) is 13.6. The van der Waals surface area contributed by atoms with E-state index >= 15 is 0 Å². The molecule has 5 heteroatoms. The average molecular weight is 402 g/mol. The highest BCUT2D eigenvalue weighted by Gasteiger charge is 2.27.